The Kier molecular flexibility index (Phi) is 5.86. The van der Waals surface area contributed by atoms with Crippen molar-refractivity contribution in [3.63, 3.8) is 0 Å². The molecule has 0 saturated carbocycles. The summed E-state index contributed by atoms with van der Waals surface area (Å²) in [7, 11) is 0. The quantitative estimate of drug-likeness (QED) is 0.803. The number of hydrogen-bond donors (Lipinski definition) is 0. The van der Waals surface area contributed by atoms with Gasteiger partial charge >= 0.3 is 6.18 Å². The molecule has 3 nitrogen and oxygen atoms in total. The van der Waals surface area contributed by atoms with Crippen molar-refractivity contribution in [3.05, 3.63) is 28.2 Å². The molecule has 0 heterocycles. The standard InChI is InChI=1S/C13H15BrF3NO2/c1-3-18(4-2)12(19)10-7-9(14)5-6-11(10)20-8-13(15,16)17/h5-7H,3-4,8H2,1-2H3. The number of benzene rings is 1. The zero-order valence-electron chi connectivity index (χ0n) is 11.1. The first-order chi connectivity index (χ1) is 9.28. The van der Waals surface area contributed by atoms with Gasteiger partial charge in [-0.3, -0.25) is 4.79 Å². The molecule has 0 saturated heterocycles. The third-order valence-electron chi connectivity index (χ3n) is 2.61. The Hall–Kier alpha value is -1.24. The predicted molar refractivity (Wildman–Crippen MR) is 72.9 cm³/mol. The third-order valence-corrected chi connectivity index (χ3v) is 3.11. The topological polar surface area (TPSA) is 29.5 Å². The second-order valence-electron chi connectivity index (χ2n) is 4.02. The number of amides is 1. The highest BCUT2D eigenvalue weighted by atomic mass is 79.9. The fourth-order valence-corrected chi connectivity index (χ4v) is 2.00. The monoisotopic (exact) mass is 353 g/mol. The highest BCUT2D eigenvalue weighted by Crippen LogP contribution is 2.26. The fourth-order valence-electron chi connectivity index (χ4n) is 1.64. The summed E-state index contributed by atoms with van der Waals surface area (Å²) >= 11 is 3.20. The molecule has 0 bridgehead atoms. The van der Waals surface area contributed by atoms with Crippen molar-refractivity contribution < 1.29 is 22.7 Å². The van der Waals surface area contributed by atoms with E-state index in [9.17, 15) is 18.0 Å². The first-order valence-corrected chi connectivity index (χ1v) is 6.86. The normalized spacial score (nSPS) is 11.3. The number of hydrogen-bond acceptors (Lipinski definition) is 2. The molecule has 0 atom stereocenters. The Balaban J connectivity index is 3.04. The highest BCUT2D eigenvalue weighted by Gasteiger charge is 2.29. The molecule has 20 heavy (non-hydrogen) atoms. The molecule has 1 amide bonds. The molecular formula is C13H15BrF3NO2. The lowest BCUT2D eigenvalue weighted by molar-refractivity contribution is -0.153. The van der Waals surface area contributed by atoms with E-state index in [1.165, 1.54) is 23.1 Å². The van der Waals surface area contributed by atoms with E-state index in [4.69, 9.17) is 4.74 Å². The molecule has 0 fully saturated rings. The summed E-state index contributed by atoms with van der Waals surface area (Å²) < 4.78 is 42.0. The predicted octanol–water partition coefficient (Wildman–Crippen LogP) is 3.87. The number of carbonyl (C=O) groups excluding carboxylic acids is 1. The Bertz CT molecular complexity index is 473. The van der Waals surface area contributed by atoms with Crippen LogP contribution in [0.1, 0.15) is 24.2 Å². The van der Waals surface area contributed by atoms with Crippen LogP contribution >= 0.6 is 15.9 Å². The average molecular weight is 354 g/mol. The van der Waals surface area contributed by atoms with E-state index in [1.54, 1.807) is 13.8 Å². The van der Waals surface area contributed by atoms with Crippen molar-refractivity contribution in [2.75, 3.05) is 19.7 Å². The van der Waals surface area contributed by atoms with Gasteiger partial charge < -0.3 is 9.64 Å². The van der Waals surface area contributed by atoms with Crippen LogP contribution < -0.4 is 4.74 Å². The summed E-state index contributed by atoms with van der Waals surface area (Å²) in [6.07, 6.45) is -4.44. The lowest BCUT2D eigenvalue weighted by Gasteiger charge is -2.21. The van der Waals surface area contributed by atoms with Gasteiger partial charge in [-0.2, -0.15) is 13.2 Å². The van der Waals surface area contributed by atoms with Crippen molar-refractivity contribution >= 4 is 21.8 Å². The van der Waals surface area contributed by atoms with Crippen LogP contribution in [0.2, 0.25) is 0 Å². The minimum absolute atomic E-state index is 0.0672. The largest absolute Gasteiger partial charge is 0.483 e. The first kappa shape index (κ1) is 16.8. The molecule has 0 aromatic heterocycles. The summed E-state index contributed by atoms with van der Waals surface area (Å²) in [5, 5.41) is 0. The van der Waals surface area contributed by atoms with Gasteiger partial charge in [-0.25, -0.2) is 0 Å². The summed E-state index contributed by atoms with van der Waals surface area (Å²) in [6, 6.07) is 4.35. The number of nitrogens with zero attached hydrogens (tertiary/aromatic N) is 1. The molecule has 0 aliphatic carbocycles. The van der Waals surface area contributed by atoms with Crippen LogP contribution in [-0.4, -0.2) is 36.7 Å². The molecule has 0 aliphatic heterocycles. The molecule has 0 aliphatic rings. The average Bonchev–Trinajstić information content (AvgIpc) is 2.37. The van der Waals surface area contributed by atoms with E-state index >= 15 is 0 Å². The molecular weight excluding hydrogens is 339 g/mol. The minimum Gasteiger partial charge on any atom is -0.483 e. The van der Waals surface area contributed by atoms with Crippen molar-refractivity contribution in [1.29, 1.82) is 0 Å². The van der Waals surface area contributed by atoms with Gasteiger partial charge in [0, 0.05) is 17.6 Å². The van der Waals surface area contributed by atoms with E-state index < -0.39 is 12.8 Å². The lowest BCUT2D eigenvalue weighted by atomic mass is 10.1. The number of alkyl halides is 3. The zero-order chi connectivity index (χ0) is 15.3. The maximum atomic E-state index is 12.2. The molecule has 112 valence electrons. The van der Waals surface area contributed by atoms with E-state index in [-0.39, 0.29) is 17.2 Å². The molecule has 1 aromatic carbocycles. The minimum atomic E-state index is -4.44. The Morgan fingerprint density at radius 3 is 2.40 bits per heavy atom. The highest BCUT2D eigenvalue weighted by molar-refractivity contribution is 9.10. The smallest absolute Gasteiger partial charge is 0.422 e. The maximum absolute atomic E-state index is 12.2. The first-order valence-electron chi connectivity index (χ1n) is 6.06. The van der Waals surface area contributed by atoms with Crippen LogP contribution in [0, 0.1) is 0 Å². The van der Waals surface area contributed by atoms with Crippen LogP contribution in [0.5, 0.6) is 5.75 Å². The van der Waals surface area contributed by atoms with Gasteiger partial charge in [0.15, 0.2) is 6.61 Å². The summed E-state index contributed by atoms with van der Waals surface area (Å²) in [5.74, 6) is -0.420. The Labute approximate surface area is 123 Å². The van der Waals surface area contributed by atoms with Crippen LogP contribution in [0.4, 0.5) is 13.2 Å². The molecule has 0 spiro atoms. The van der Waals surface area contributed by atoms with E-state index in [2.05, 4.69) is 15.9 Å². The second-order valence-corrected chi connectivity index (χ2v) is 4.94. The van der Waals surface area contributed by atoms with Gasteiger partial charge in [-0.1, -0.05) is 15.9 Å². The molecule has 1 rings (SSSR count). The molecule has 0 unspecified atom stereocenters. The molecule has 1 aromatic rings. The van der Waals surface area contributed by atoms with Crippen LogP contribution in [0.25, 0.3) is 0 Å². The van der Waals surface area contributed by atoms with Crippen molar-refractivity contribution in [3.8, 4) is 5.75 Å². The van der Waals surface area contributed by atoms with Gasteiger partial charge in [-0.15, -0.1) is 0 Å². The van der Waals surface area contributed by atoms with Crippen LogP contribution in [0.15, 0.2) is 22.7 Å². The summed E-state index contributed by atoms with van der Waals surface area (Å²) in [5.41, 5.74) is 0.118. The SMILES string of the molecule is CCN(CC)C(=O)c1cc(Br)ccc1OCC(F)(F)F. The van der Waals surface area contributed by atoms with Crippen molar-refractivity contribution in [1.82, 2.24) is 4.90 Å². The van der Waals surface area contributed by atoms with Crippen molar-refractivity contribution in [2.24, 2.45) is 0 Å². The number of carbonyl (C=O) groups is 1. The molecule has 0 N–H and O–H groups in total. The fraction of sp³-hybridized carbons (Fsp3) is 0.462. The van der Waals surface area contributed by atoms with E-state index in [0.29, 0.717) is 17.6 Å². The summed E-state index contributed by atoms with van der Waals surface area (Å²) in [6.45, 7) is 3.12. The zero-order valence-corrected chi connectivity index (χ0v) is 12.7. The van der Waals surface area contributed by atoms with Gasteiger partial charge in [0.1, 0.15) is 5.75 Å². The molecule has 0 radical (unpaired) electrons. The Morgan fingerprint density at radius 2 is 1.90 bits per heavy atom. The van der Waals surface area contributed by atoms with Gasteiger partial charge in [0.05, 0.1) is 5.56 Å². The number of halogens is 4. The number of ether oxygens (including phenoxy) is 1. The van der Waals surface area contributed by atoms with Crippen LogP contribution in [-0.2, 0) is 0 Å². The maximum Gasteiger partial charge on any atom is 0.422 e. The van der Waals surface area contributed by atoms with E-state index in [0.717, 1.165) is 0 Å². The van der Waals surface area contributed by atoms with Gasteiger partial charge in [0.25, 0.3) is 5.91 Å². The third kappa shape index (κ3) is 4.70. The second kappa shape index (κ2) is 6.97. The van der Waals surface area contributed by atoms with Crippen LogP contribution in [0.3, 0.4) is 0 Å². The van der Waals surface area contributed by atoms with Gasteiger partial charge in [0.2, 0.25) is 0 Å². The molecule has 7 heteroatoms. The van der Waals surface area contributed by atoms with Gasteiger partial charge in [-0.05, 0) is 32.0 Å². The van der Waals surface area contributed by atoms with E-state index in [1.807, 2.05) is 0 Å². The summed E-state index contributed by atoms with van der Waals surface area (Å²) in [4.78, 5) is 13.8. The number of rotatable bonds is 5. The lowest BCUT2D eigenvalue weighted by Crippen LogP contribution is -2.31. The Morgan fingerprint density at radius 1 is 1.30 bits per heavy atom. The van der Waals surface area contributed by atoms with Crippen molar-refractivity contribution in [2.45, 2.75) is 20.0 Å².